The van der Waals surface area contributed by atoms with Crippen molar-refractivity contribution in [3.8, 4) is 11.5 Å². The Kier molecular flexibility index (Phi) is 20.1. The molecule has 0 fully saturated rings. The van der Waals surface area contributed by atoms with Crippen LogP contribution >= 0.6 is 7.82 Å². The largest absolute Gasteiger partial charge is 0.493 e. The van der Waals surface area contributed by atoms with Gasteiger partial charge in [0, 0.05) is 6.42 Å². The molecular formula is C38H64N2O16P+. The number of rotatable bonds is 28. The third kappa shape index (κ3) is 17.3. The highest BCUT2D eigenvalue weighted by Crippen LogP contribution is 2.47. The lowest BCUT2D eigenvalue weighted by molar-refractivity contribution is -0.870. The van der Waals surface area contributed by atoms with Crippen LogP contribution in [0.25, 0.3) is 0 Å². The number of carboxylic acid groups (broad SMARTS) is 1. The molecule has 57 heavy (non-hydrogen) atoms. The number of nitro benzene ring substituents is 1. The fraction of sp³-hybridized carbons (Fsp3) is 0.737. The van der Waals surface area contributed by atoms with Gasteiger partial charge in [0.25, 0.3) is 5.69 Å². The Balaban J connectivity index is 3.27. The van der Waals surface area contributed by atoms with Crippen molar-refractivity contribution >= 4 is 37.4 Å². The number of methoxy groups -OCH3 is 1. The maximum absolute atomic E-state index is 13.9. The molecular weight excluding hydrogens is 771 g/mol. The number of hydrogen-bond acceptors (Lipinski definition) is 14. The number of unbranched alkanes of at least 4 members (excludes halogenated alkanes) is 1. The highest BCUT2D eigenvalue weighted by Gasteiger charge is 2.50. The first-order valence-electron chi connectivity index (χ1n) is 18.9. The molecule has 1 rings (SSSR count). The molecule has 19 heteroatoms. The summed E-state index contributed by atoms with van der Waals surface area (Å²) in [5.74, 6) is -3.05. The predicted octanol–water partition coefficient (Wildman–Crippen LogP) is 6.41. The number of aliphatic carboxylic acids is 1. The molecule has 0 bridgehead atoms. The molecule has 4 unspecified atom stereocenters. The zero-order chi connectivity index (χ0) is 43.8. The molecule has 326 valence electrons. The van der Waals surface area contributed by atoms with Gasteiger partial charge in [0.05, 0.1) is 80.9 Å². The van der Waals surface area contributed by atoms with E-state index in [1.807, 2.05) is 28.1 Å². The second kappa shape index (κ2) is 22.4. The lowest BCUT2D eigenvalue weighted by atomic mass is 9.65. The van der Waals surface area contributed by atoms with Crippen LogP contribution < -0.4 is 9.47 Å². The third-order valence-electron chi connectivity index (χ3n) is 9.27. The normalized spacial score (nSPS) is 15.6. The first-order chi connectivity index (χ1) is 26.3. The molecule has 1 aromatic carbocycles. The van der Waals surface area contributed by atoms with E-state index < -0.39 is 71.3 Å². The number of carbonyl (C=O) groups excluding carboxylic acids is 3. The minimum Gasteiger partial charge on any atom is -0.493 e. The van der Waals surface area contributed by atoms with Gasteiger partial charge in [-0.25, -0.2) is 4.57 Å². The van der Waals surface area contributed by atoms with Gasteiger partial charge in [0.1, 0.15) is 25.9 Å². The van der Waals surface area contributed by atoms with Crippen molar-refractivity contribution in [2.45, 2.75) is 99.5 Å². The molecule has 0 spiro atoms. The average molecular weight is 836 g/mol. The zero-order valence-electron chi connectivity index (χ0n) is 35.4. The van der Waals surface area contributed by atoms with E-state index in [4.69, 9.17) is 37.8 Å². The Hall–Kier alpha value is -3.83. The standard InChI is InChI=1S/C38H63N2O16P/c1-12-14-18-52-35(45)38(7,26-37(6,13-2)34(44)53-21-22-55-57(48,49)54-20-17-40(8,9)10)25-36(4,5)33(43)56-27(3)28-23-30(50-11)31(24-29(28)39(46)47)51-19-15-16-32(41)42/h23-24,27H,12-22,25-26H2,1-11H3,(H-,41,42,48,49)/p+1. The van der Waals surface area contributed by atoms with Gasteiger partial charge in [-0.15, -0.1) is 0 Å². The van der Waals surface area contributed by atoms with Crippen molar-refractivity contribution in [2.75, 3.05) is 67.8 Å². The van der Waals surface area contributed by atoms with E-state index in [2.05, 4.69) is 0 Å². The first kappa shape index (κ1) is 51.2. The molecule has 0 aliphatic rings. The number of carbonyl (C=O) groups is 4. The van der Waals surface area contributed by atoms with E-state index in [0.717, 1.165) is 12.5 Å². The lowest BCUT2D eigenvalue weighted by Crippen LogP contribution is -2.44. The summed E-state index contributed by atoms with van der Waals surface area (Å²) in [6, 6.07) is 2.43. The zero-order valence-corrected chi connectivity index (χ0v) is 36.3. The molecule has 18 nitrogen and oxygen atoms in total. The number of ether oxygens (including phenoxy) is 5. The fourth-order valence-electron chi connectivity index (χ4n) is 5.98. The second-order valence-corrected chi connectivity index (χ2v) is 17.7. The summed E-state index contributed by atoms with van der Waals surface area (Å²) in [5, 5.41) is 21.0. The highest BCUT2D eigenvalue weighted by atomic mass is 31.2. The van der Waals surface area contributed by atoms with E-state index in [9.17, 15) is 38.8 Å². The number of nitro groups is 1. The molecule has 0 aliphatic carbocycles. The molecule has 0 amide bonds. The van der Waals surface area contributed by atoms with Crippen molar-refractivity contribution < 1.29 is 75.9 Å². The number of phosphoric acid groups is 1. The Morgan fingerprint density at radius 2 is 1.46 bits per heavy atom. The van der Waals surface area contributed by atoms with Gasteiger partial charge in [0.15, 0.2) is 11.5 Å². The van der Waals surface area contributed by atoms with Gasteiger partial charge in [-0.1, -0.05) is 20.3 Å². The molecule has 2 N–H and O–H groups in total. The van der Waals surface area contributed by atoms with Crippen molar-refractivity contribution in [3.63, 3.8) is 0 Å². The lowest BCUT2D eigenvalue weighted by Gasteiger charge is -2.39. The van der Waals surface area contributed by atoms with E-state index >= 15 is 0 Å². The van der Waals surface area contributed by atoms with Gasteiger partial charge >= 0.3 is 31.7 Å². The smallest absolute Gasteiger partial charge is 0.472 e. The summed E-state index contributed by atoms with van der Waals surface area (Å²) in [5.41, 5.74) is -4.57. The SMILES string of the molecule is CCCCOC(=O)C(C)(CC(C)(C)C(=O)OC(C)c1cc(OC)c(OCCCC(=O)O)cc1[N+](=O)[O-])CC(C)(CC)C(=O)OCCOP(=O)(O)OCC[N+](C)(C)C. The first-order valence-corrected chi connectivity index (χ1v) is 20.4. The molecule has 0 aromatic heterocycles. The minimum atomic E-state index is -4.40. The summed E-state index contributed by atoms with van der Waals surface area (Å²) in [6.45, 7) is 11.1. The van der Waals surface area contributed by atoms with Gasteiger partial charge < -0.3 is 38.2 Å². The van der Waals surface area contributed by atoms with Gasteiger partial charge in [0.2, 0.25) is 0 Å². The summed E-state index contributed by atoms with van der Waals surface area (Å²) >= 11 is 0. The summed E-state index contributed by atoms with van der Waals surface area (Å²) in [7, 11) is 2.60. The molecule has 0 saturated carbocycles. The van der Waals surface area contributed by atoms with E-state index in [1.165, 1.54) is 20.1 Å². The number of phosphoric ester groups is 1. The van der Waals surface area contributed by atoms with Crippen LogP contribution in [0, 0.1) is 26.4 Å². The van der Waals surface area contributed by atoms with E-state index in [-0.39, 0.29) is 75.6 Å². The average Bonchev–Trinajstić information content (AvgIpc) is 3.10. The summed E-state index contributed by atoms with van der Waals surface area (Å²) in [4.78, 5) is 73.6. The van der Waals surface area contributed by atoms with Crippen molar-refractivity contribution in [1.82, 2.24) is 0 Å². The topological polar surface area (TPSA) is 234 Å². The van der Waals surface area contributed by atoms with Crippen molar-refractivity contribution in [3.05, 3.63) is 27.8 Å². The fourth-order valence-corrected chi connectivity index (χ4v) is 6.67. The predicted molar refractivity (Wildman–Crippen MR) is 207 cm³/mol. The summed E-state index contributed by atoms with van der Waals surface area (Å²) < 4.78 is 50.6. The van der Waals surface area contributed by atoms with Gasteiger partial charge in [-0.3, -0.25) is 38.3 Å². The third-order valence-corrected chi connectivity index (χ3v) is 10.3. The molecule has 1 aromatic rings. The van der Waals surface area contributed by atoms with Crippen LogP contribution in [0.15, 0.2) is 12.1 Å². The minimum absolute atomic E-state index is 0.000759. The number of benzene rings is 1. The van der Waals surface area contributed by atoms with Gasteiger partial charge in [-0.2, -0.15) is 0 Å². The van der Waals surface area contributed by atoms with Crippen LogP contribution in [0.2, 0.25) is 0 Å². The monoisotopic (exact) mass is 835 g/mol. The van der Waals surface area contributed by atoms with Crippen LogP contribution in [0.5, 0.6) is 11.5 Å². The van der Waals surface area contributed by atoms with Gasteiger partial charge in [-0.05, 0) is 72.8 Å². The second-order valence-electron chi connectivity index (χ2n) is 16.2. The van der Waals surface area contributed by atoms with Crippen LogP contribution in [0.3, 0.4) is 0 Å². The molecule has 4 atom stereocenters. The number of esters is 3. The number of hydrogen-bond donors (Lipinski definition) is 2. The molecule has 0 saturated heterocycles. The van der Waals surface area contributed by atoms with Crippen LogP contribution in [0.4, 0.5) is 5.69 Å². The number of likely N-dealkylation sites (N-methyl/N-ethyl adjacent to an activating group) is 1. The molecule has 0 heterocycles. The van der Waals surface area contributed by atoms with E-state index in [1.54, 1.807) is 34.6 Å². The van der Waals surface area contributed by atoms with Crippen molar-refractivity contribution in [2.24, 2.45) is 16.2 Å². The maximum atomic E-state index is 13.9. The highest BCUT2D eigenvalue weighted by molar-refractivity contribution is 7.47. The number of carboxylic acids is 1. The number of nitrogens with zero attached hydrogens (tertiary/aromatic N) is 2. The molecule has 0 radical (unpaired) electrons. The maximum Gasteiger partial charge on any atom is 0.472 e. The Bertz CT molecular complexity index is 1580. The van der Waals surface area contributed by atoms with Crippen molar-refractivity contribution in [1.29, 1.82) is 0 Å². The van der Waals surface area contributed by atoms with E-state index in [0.29, 0.717) is 17.4 Å². The van der Waals surface area contributed by atoms with Crippen LogP contribution in [0.1, 0.15) is 105 Å². The number of quaternary nitrogens is 1. The Morgan fingerprint density at radius 1 is 0.860 bits per heavy atom. The van der Waals surface area contributed by atoms with Crippen LogP contribution in [-0.4, -0.2) is 111 Å². The Labute approximate surface area is 335 Å². The van der Waals surface area contributed by atoms with Crippen LogP contribution in [-0.2, 0) is 47.0 Å². The quantitative estimate of drug-likeness (QED) is 0.0177. The molecule has 0 aliphatic heterocycles. The summed E-state index contributed by atoms with van der Waals surface area (Å²) in [6.07, 6.45) is 0.0819. The Morgan fingerprint density at radius 3 is 2.00 bits per heavy atom.